The van der Waals surface area contributed by atoms with E-state index in [2.05, 4.69) is 10.6 Å². The predicted molar refractivity (Wildman–Crippen MR) is 104 cm³/mol. The minimum absolute atomic E-state index is 0.0452. The third kappa shape index (κ3) is 4.15. The molecule has 1 atom stereocenters. The van der Waals surface area contributed by atoms with Gasteiger partial charge in [0.1, 0.15) is 11.4 Å². The molecule has 0 bridgehead atoms. The van der Waals surface area contributed by atoms with E-state index in [1.807, 2.05) is 0 Å². The zero-order chi connectivity index (χ0) is 20.3. The summed E-state index contributed by atoms with van der Waals surface area (Å²) in [4.78, 5) is 36.8. The lowest BCUT2D eigenvalue weighted by atomic mass is 10.1. The molecule has 2 aromatic carbocycles. The van der Waals surface area contributed by atoms with Crippen LogP contribution in [0.5, 0.6) is 5.75 Å². The Labute approximate surface area is 165 Å². The molecule has 3 rings (SSSR count). The number of anilines is 2. The number of ether oxygens (including phenoxy) is 1. The van der Waals surface area contributed by atoms with Crippen LogP contribution in [0.2, 0.25) is 5.02 Å². The number of carbonyl (C=O) groups is 2. The first-order valence-electron chi connectivity index (χ1n) is 8.35. The van der Waals surface area contributed by atoms with E-state index in [-0.39, 0.29) is 35.4 Å². The molecular formula is C18H17ClN4O5. The number of nitrogens with one attached hydrogen (secondary N) is 2. The summed E-state index contributed by atoms with van der Waals surface area (Å²) in [5, 5.41) is 16.4. The zero-order valence-electron chi connectivity index (χ0n) is 14.8. The van der Waals surface area contributed by atoms with Crippen molar-refractivity contribution in [3.63, 3.8) is 0 Å². The van der Waals surface area contributed by atoms with Crippen LogP contribution in [-0.2, 0) is 9.59 Å². The standard InChI is InChI=1S/C18H17ClN4O5/c1-20-18(25)16-9-22(13-4-2-3-5-15(13)28-16)10-17(24)21-12-7-6-11(19)8-14(12)23(26)27/h2-8,16H,9-10H2,1H3,(H,20,25)(H,21,24)/t16-/m0/s1. The second-order valence-corrected chi connectivity index (χ2v) is 6.47. The number of rotatable bonds is 5. The molecule has 146 valence electrons. The molecule has 0 saturated heterocycles. The van der Waals surface area contributed by atoms with Crippen molar-refractivity contribution in [1.82, 2.24) is 5.32 Å². The van der Waals surface area contributed by atoms with Crippen LogP contribution in [0, 0.1) is 10.1 Å². The van der Waals surface area contributed by atoms with Crippen LogP contribution in [-0.4, -0.2) is 43.0 Å². The number of nitro benzene ring substituents is 1. The summed E-state index contributed by atoms with van der Waals surface area (Å²) >= 11 is 5.79. The molecule has 0 saturated carbocycles. The van der Waals surface area contributed by atoms with Crippen molar-refractivity contribution >= 4 is 40.5 Å². The van der Waals surface area contributed by atoms with E-state index in [1.165, 1.54) is 25.2 Å². The van der Waals surface area contributed by atoms with Crippen molar-refractivity contribution < 1.29 is 19.2 Å². The molecule has 0 fully saturated rings. The molecule has 0 aromatic heterocycles. The second-order valence-electron chi connectivity index (χ2n) is 6.04. The molecule has 28 heavy (non-hydrogen) atoms. The Kier molecular flexibility index (Phi) is 5.65. The minimum atomic E-state index is -0.780. The summed E-state index contributed by atoms with van der Waals surface area (Å²) < 4.78 is 5.69. The Morgan fingerprint density at radius 3 is 2.79 bits per heavy atom. The van der Waals surface area contributed by atoms with Crippen LogP contribution < -0.4 is 20.3 Å². The van der Waals surface area contributed by atoms with Crippen LogP contribution >= 0.6 is 11.6 Å². The molecule has 0 spiro atoms. The van der Waals surface area contributed by atoms with Crippen molar-refractivity contribution in [2.24, 2.45) is 0 Å². The van der Waals surface area contributed by atoms with Gasteiger partial charge in [-0.3, -0.25) is 19.7 Å². The lowest BCUT2D eigenvalue weighted by Gasteiger charge is -2.34. The number of likely N-dealkylation sites (N-methyl/N-ethyl adjacent to an activating group) is 1. The van der Waals surface area contributed by atoms with Gasteiger partial charge in [0.15, 0.2) is 6.10 Å². The zero-order valence-corrected chi connectivity index (χ0v) is 15.6. The van der Waals surface area contributed by atoms with Gasteiger partial charge in [0.25, 0.3) is 11.6 Å². The highest BCUT2D eigenvalue weighted by atomic mass is 35.5. The number of carbonyl (C=O) groups excluding carboxylic acids is 2. The fraction of sp³-hybridized carbons (Fsp3) is 0.222. The third-order valence-corrected chi connectivity index (χ3v) is 4.40. The summed E-state index contributed by atoms with van der Waals surface area (Å²) in [5.74, 6) is -0.307. The van der Waals surface area contributed by atoms with Gasteiger partial charge in [0.2, 0.25) is 5.91 Å². The van der Waals surface area contributed by atoms with Gasteiger partial charge < -0.3 is 20.3 Å². The Bertz CT molecular complexity index is 936. The molecule has 1 aliphatic rings. The first kappa shape index (κ1) is 19.4. The van der Waals surface area contributed by atoms with Crippen molar-refractivity contribution in [3.05, 3.63) is 57.6 Å². The molecule has 9 nitrogen and oxygen atoms in total. The van der Waals surface area contributed by atoms with Gasteiger partial charge in [-0.1, -0.05) is 23.7 Å². The lowest BCUT2D eigenvalue weighted by molar-refractivity contribution is -0.383. The number of halogens is 1. The van der Waals surface area contributed by atoms with Gasteiger partial charge in [0.05, 0.1) is 23.7 Å². The van der Waals surface area contributed by atoms with Crippen LogP contribution in [0.15, 0.2) is 42.5 Å². The number of benzene rings is 2. The van der Waals surface area contributed by atoms with E-state index in [0.717, 1.165) is 0 Å². The molecule has 2 N–H and O–H groups in total. The van der Waals surface area contributed by atoms with E-state index in [0.29, 0.717) is 11.4 Å². The monoisotopic (exact) mass is 404 g/mol. The average Bonchev–Trinajstić information content (AvgIpc) is 2.68. The van der Waals surface area contributed by atoms with Gasteiger partial charge in [-0.15, -0.1) is 0 Å². The molecule has 1 heterocycles. The summed E-state index contributed by atoms with van der Waals surface area (Å²) in [7, 11) is 1.50. The van der Waals surface area contributed by atoms with E-state index in [9.17, 15) is 19.7 Å². The van der Waals surface area contributed by atoms with Gasteiger partial charge >= 0.3 is 0 Å². The fourth-order valence-corrected chi connectivity index (χ4v) is 3.05. The number of amides is 2. The van der Waals surface area contributed by atoms with Gasteiger partial charge in [-0.05, 0) is 24.3 Å². The van der Waals surface area contributed by atoms with Crippen molar-refractivity contribution in [2.75, 3.05) is 30.4 Å². The Hall–Kier alpha value is -3.33. The number of hydrogen-bond donors (Lipinski definition) is 2. The first-order valence-corrected chi connectivity index (χ1v) is 8.73. The fourth-order valence-electron chi connectivity index (χ4n) is 2.88. The number of nitro groups is 1. The first-order chi connectivity index (χ1) is 13.4. The molecule has 0 unspecified atom stereocenters. The average molecular weight is 405 g/mol. The van der Waals surface area contributed by atoms with E-state index < -0.39 is 16.9 Å². The number of para-hydroxylation sites is 2. The highest BCUT2D eigenvalue weighted by Crippen LogP contribution is 2.33. The van der Waals surface area contributed by atoms with E-state index in [4.69, 9.17) is 16.3 Å². The highest BCUT2D eigenvalue weighted by molar-refractivity contribution is 6.31. The molecule has 1 aliphatic heterocycles. The second kappa shape index (κ2) is 8.13. The van der Waals surface area contributed by atoms with Gasteiger partial charge in [0, 0.05) is 18.1 Å². The summed E-state index contributed by atoms with van der Waals surface area (Å²) in [6.07, 6.45) is -0.780. The summed E-state index contributed by atoms with van der Waals surface area (Å²) in [5.41, 5.74) is 0.402. The quantitative estimate of drug-likeness (QED) is 0.583. The Morgan fingerprint density at radius 2 is 2.07 bits per heavy atom. The normalized spacial score (nSPS) is 15.2. The van der Waals surface area contributed by atoms with Crippen LogP contribution in [0.3, 0.4) is 0 Å². The van der Waals surface area contributed by atoms with Crippen molar-refractivity contribution in [3.8, 4) is 5.75 Å². The number of fused-ring (bicyclic) bond motifs is 1. The maximum atomic E-state index is 12.5. The molecule has 2 aromatic rings. The lowest BCUT2D eigenvalue weighted by Crippen LogP contribution is -2.50. The number of nitrogens with zero attached hydrogens (tertiary/aromatic N) is 2. The van der Waals surface area contributed by atoms with Crippen molar-refractivity contribution in [1.29, 1.82) is 0 Å². The highest BCUT2D eigenvalue weighted by Gasteiger charge is 2.31. The summed E-state index contributed by atoms with van der Waals surface area (Å²) in [6.45, 7) is 0.0421. The topological polar surface area (TPSA) is 114 Å². The molecule has 10 heteroatoms. The maximum Gasteiger partial charge on any atom is 0.294 e. The Balaban J connectivity index is 1.80. The SMILES string of the molecule is CNC(=O)[C@@H]1CN(CC(=O)Nc2ccc(Cl)cc2[N+](=O)[O-])c2ccccc2O1. The van der Waals surface area contributed by atoms with Gasteiger partial charge in [-0.25, -0.2) is 0 Å². The Morgan fingerprint density at radius 1 is 1.32 bits per heavy atom. The van der Waals surface area contributed by atoms with E-state index >= 15 is 0 Å². The summed E-state index contributed by atoms with van der Waals surface area (Å²) in [6, 6.07) is 11.0. The van der Waals surface area contributed by atoms with Crippen molar-refractivity contribution in [2.45, 2.75) is 6.10 Å². The largest absolute Gasteiger partial charge is 0.477 e. The van der Waals surface area contributed by atoms with Crippen LogP contribution in [0.25, 0.3) is 0 Å². The maximum absolute atomic E-state index is 12.5. The minimum Gasteiger partial charge on any atom is -0.477 e. The molecule has 0 aliphatic carbocycles. The van der Waals surface area contributed by atoms with Crippen LogP contribution in [0.4, 0.5) is 17.1 Å². The molecule has 0 radical (unpaired) electrons. The van der Waals surface area contributed by atoms with Gasteiger partial charge in [-0.2, -0.15) is 0 Å². The molecule has 2 amide bonds. The van der Waals surface area contributed by atoms with E-state index in [1.54, 1.807) is 29.2 Å². The third-order valence-electron chi connectivity index (χ3n) is 4.17. The predicted octanol–water partition coefficient (Wildman–Crippen LogP) is 2.20. The van der Waals surface area contributed by atoms with Crippen LogP contribution in [0.1, 0.15) is 0 Å². The molecular weight excluding hydrogens is 388 g/mol. The number of hydrogen-bond acceptors (Lipinski definition) is 6. The smallest absolute Gasteiger partial charge is 0.294 e.